The first-order valence-electron chi connectivity index (χ1n) is 6.68. The zero-order valence-electron chi connectivity index (χ0n) is 12.4. The molecule has 0 aliphatic rings. The Hall–Kier alpha value is -1.76. The van der Waals surface area contributed by atoms with Gasteiger partial charge in [-0.2, -0.15) is 0 Å². The molecule has 0 radical (unpaired) electrons. The first-order chi connectivity index (χ1) is 8.93. The van der Waals surface area contributed by atoms with Gasteiger partial charge in [-0.25, -0.2) is 0 Å². The van der Waals surface area contributed by atoms with Crippen molar-refractivity contribution in [3.8, 4) is 16.9 Å². The Morgan fingerprint density at radius 1 is 0.895 bits per heavy atom. The smallest absolute Gasteiger partial charge is 0.122 e. The number of benzene rings is 2. The predicted molar refractivity (Wildman–Crippen MR) is 81.9 cm³/mol. The summed E-state index contributed by atoms with van der Waals surface area (Å²) in [4.78, 5) is 0. The van der Waals surface area contributed by atoms with Crippen molar-refractivity contribution in [2.24, 2.45) is 0 Å². The van der Waals surface area contributed by atoms with Gasteiger partial charge in [0.05, 0.1) is 7.11 Å². The van der Waals surface area contributed by atoms with E-state index in [2.05, 4.69) is 58.0 Å². The predicted octanol–water partition coefficient (Wildman–Crippen LogP) is 4.97. The van der Waals surface area contributed by atoms with Crippen LogP contribution in [-0.2, 0) is 5.41 Å². The molecule has 2 aromatic rings. The average molecular weight is 254 g/mol. The van der Waals surface area contributed by atoms with Gasteiger partial charge in [0.25, 0.3) is 0 Å². The van der Waals surface area contributed by atoms with E-state index in [4.69, 9.17) is 4.74 Å². The van der Waals surface area contributed by atoms with Crippen molar-refractivity contribution in [2.45, 2.75) is 33.1 Å². The van der Waals surface area contributed by atoms with Gasteiger partial charge in [0, 0.05) is 0 Å². The molecule has 0 spiro atoms. The fourth-order valence-electron chi connectivity index (χ4n) is 2.30. The maximum Gasteiger partial charge on any atom is 0.122 e. The van der Waals surface area contributed by atoms with Gasteiger partial charge in [0.2, 0.25) is 0 Å². The van der Waals surface area contributed by atoms with Crippen LogP contribution in [0.1, 0.15) is 31.9 Å². The number of hydrogen-bond acceptors (Lipinski definition) is 1. The second-order valence-electron chi connectivity index (χ2n) is 5.96. The molecule has 0 N–H and O–H groups in total. The van der Waals surface area contributed by atoms with Crippen molar-refractivity contribution < 1.29 is 4.74 Å². The Balaban J connectivity index is 2.43. The van der Waals surface area contributed by atoms with Crippen LogP contribution in [0.5, 0.6) is 5.75 Å². The maximum absolute atomic E-state index is 5.39. The topological polar surface area (TPSA) is 9.23 Å². The minimum atomic E-state index is 0.196. The molecule has 2 aromatic carbocycles. The Morgan fingerprint density at radius 2 is 1.53 bits per heavy atom. The molecule has 0 saturated heterocycles. The molecule has 0 unspecified atom stereocenters. The minimum Gasteiger partial charge on any atom is -0.496 e. The lowest BCUT2D eigenvalue weighted by Crippen LogP contribution is -2.10. The molecule has 0 saturated carbocycles. The van der Waals surface area contributed by atoms with E-state index in [0.717, 1.165) is 5.75 Å². The highest BCUT2D eigenvalue weighted by atomic mass is 16.5. The van der Waals surface area contributed by atoms with Crippen LogP contribution in [0.4, 0.5) is 0 Å². The molecule has 0 aliphatic heterocycles. The Labute approximate surface area is 116 Å². The lowest BCUT2D eigenvalue weighted by Gasteiger charge is -2.19. The van der Waals surface area contributed by atoms with Crippen LogP contribution in [0.25, 0.3) is 11.1 Å². The summed E-state index contributed by atoms with van der Waals surface area (Å²) in [6.45, 7) is 8.81. The second kappa shape index (κ2) is 5.08. The standard InChI is InChI=1S/C18H22O/c1-13-16(7-6-8-17(13)19-5)14-9-11-15(12-10-14)18(2,3)4/h6-12H,1-5H3. The van der Waals surface area contributed by atoms with E-state index in [1.165, 1.54) is 22.3 Å². The van der Waals surface area contributed by atoms with Gasteiger partial charge in [-0.1, -0.05) is 57.2 Å². The molecule has 100 valence electrons. The van der Waals surface area contributed by atoms with Crippen molar-refractivity contribution in [2.75, 3.05) is 7.11 Å². The van der Waals surface area contributed by atoms with Crippen LogP contribution in [0.15, 0.2) is 42.5 Å². The van der Waals surface area contributed by atoms with E-state index in [0.29, 0.717) is 0 Å². The summed E-state index contributed by atoms with van der Waals surface area (Å²) in [6.07, 6.45) is 0. The summed E-state index contributed by atoms with van der Waals surface area (Å²) < 4.78 is 5.39. The molecular weight excluding hydrogens is 232 g/mol. The molecule has 0 aliphatic carbocycles. The van der Waals surface area contributed by atoms with Crippen molar-refractivity contribution in [1.29, 1.82) is 0 Å². The molecular formula is C18H22O. The molecule has 0 heterocycles. The lowest BCUT2D eigenvalue weighted by molar-refractivity contribution is 0.412. The average Bonchev–Trinajstić information content (AvgIpc) is 2.38. The molecule has 0 atom stereocenters. The molecule has 1 heteroatoms. The highest BCUT2D eigenvalue weighted by molar-refractivity contribution is 5.70. The fourth-order valence-corrected chi connectivity index (χ4v) is 2.30. The zero-order valence-corrected chi connectivity index (χ0v) is 12.4. The van der Waals surface area contributed by atoms with E-state index >= 15 is 0 Å². The monoisotopic (exact) mass is 254 g/mol. The summed E-state index contributed by atoms with van der Waals surface area (Å²) in [5, 5.41) is 0. The summed E-state index contributed by atoms with van der Waals surface area (Å²) in [5.74, 6) is 0.942. The van der Waals surface area contributed by atoms with E-state index in [1.807, 2.05) is 12.1 Å². The van der Waals surface area contributed by atoms with Gasteiger partial charge >= 0.3 is 0 Å². The SMILES string of the molecule is COc1cccc(-c2ccc(C(C)(C)C)cc2)c1C. The maximum atomic E-state index is 5.39. The van der Waals surface area contributed by atoms with Gasteiger partial charge in [0.1, 0.15) is 5.75 Å². The number of methoxy groups -OCH3 is 1. The van der Waals surface area contributed by atoms with E-state index in [-0.39, 0.29) is 5.41 Å². The van der Waals surface area contributed by atoms with Crippen LogP contribution in [0.2, 0.25) is 0 Å². The summed E-state index contributed by atoms with van der Waals surface area (Å²) in [6, 6.07) is 15.0. The van der Waals surface area contributed by atoms with Gasteiger partial charge in [0.15, 0.2) is 0 Å². The Morgan fingerprint density at radius 3 is 2.05 bits per heavy atom. The molecule has 0 amide bonds. The first-order valence-corrected chi connectivity index (χ1v) is 6.68. The zero-order chi connectivity index (χ0) is 14.0. The van der Waals surface area contributed by atoms with Crippen LogP contribution >= 0.6 is 0 Å². The third-order valence-electron chi connectivity index (χ3n) is 3.57. The summed E-state index contributed by atoms with van der Waals surface area (Å²) in [5.41, 5.74) is 5.22. The quantitative estimate of drug-likeness (QED) is 0.735. The second-order valence-corrected chi connectivity index (χ2v) is 5.96. The minimum absolute atomic E-state index is 0.196. The van der Waals surface area contributed by atoms with E-state index < -0.39 is 0 Å². The van der Waals surface area contributed by atoms with Crippen molar-refractivity contribution in [3.63, 3.8) is 0 Å². The van der Waals surface area contributed by atoms with Gasteiger partial charge in [-0.15, -0.1) is 0 Å². The highest BCUT2D eigenvalue weighted by Crippen LogP contribution is 2.31. The molecule has 2 rings (SSSR count). The highest BCUT2D eigenvalue weighted by Gasteiger charge is 2.13. The van der Waals surface area contributed by atoms with Crippen LogP contribution in [0, 0.1) is 6.92 Å². The normalized spacial score (nSPS) is 11.4. The molecule has 1 nitrogen and oxygen atoms in total. The van der Waals surface area contributed by atoms with E-state index in [1.54, 1.807) is 7.11 Å². The van der Waals surface area contributed by atoms with Crippen LogP contribution in [0.3, 0.4) is 0 Å². The van der Waals surface area contributed by atoms with Crippen molar-refractivity contribution in [3.05, 3.63) is 53.6 Å². The largest absolute Gasteiger partial charge is 0.496 e. The van der Waals surface area contributed by atoms with Crippen LogP contribution in [-0.4, -0.2) is 7.11 Å². The molecule has 0 bridgehead atoms. The third kappa shape index (κ3) is 2.81. The van der Waals surface area contributed by atoms with Gasteiger partial charge < -0.3 is 4.74 Å². The van der Waals surface area contributed by atoms with Crippen LogP contribution < -0.4 is 4.74 Å². The van der Waals surface area contributed by atoms with Gasteiger partial charge in [-0.3, -0.25) is 0 Å². The first kappa shape index (κ1) is 13.7. The third-order valence-corrected chi connectivity index (χ3v) is 3.57. The number of ether oxygens (including phenoxy) is 1. The number of hydrogen-bond donors (Lipinski definition) is 0. The lowest BCUT2D eigenvalue weighted by atomic mass is 9.86. The fraction of sp³-hybridized carbons (Fsp3) is 0.333. The molecule has 0 aromatic heterocycles. The summed E-state index contributed by atoms with van der Waals surface area (Å²) in [7, 11) is 1.72. The molecule has 0 fully saturated rings. The van der Waals surface area contributed by atoms with Crippen molar-refractivity contribution in [1.82, 2.24) is 0 Å². The van der Waals surface area contributed by atoms with Crippen molar-refractivity contribution >= 4 is 0 Å². The Bertz CT molecular complexity index is 559. The number of rotatable bonds is 2. The van der Waals surface area contributed by atoms with E-state index in [9.17, 15) is 0 Å². The summed E-state index contributed by atoms with van der Waals surface area (Å²) >= 11 is 0. The van der Waals surface area contributed by atoms with Gasteiger partial charge in [-0.05, 0) is 40.7 Å². The molecule has 19 heavy (non-hydrogen) atoms. The Kier molecular flexibility index (Phi) is 3.66.